The maximum atomic E-state index is 2.54. The number of rotatable bonds is 2. The molecule has 15 rings (SSSR count). The van der Waals surface area contributed by atoms with Gasteiger partial charge in [-0.15, -0.1) is 0 Å². The quantitative estimate of drug-likeness (QED) is 0.122. The Hall–Kier alpha value is -7.54. The lowest BCUT2D eigenvalue weighted by Gasteiger charge is -2.19. The second kappa shape index (κ2) is 10.7. The van der Waals surface area contributed by atoms with Crippen LogP contribution in [-0.2, 0) is 0 Å². The van der Waals surface area contributed by atoms with Gasteiger partial charge in [-0.05, 0) is 183 Å². The monoisotopic (exact) mass is 754 g/mol. The average molecular weight is 755 g/mol. The Kier molecular flexibility index (Phi) is 5.63. The summed E-state index contributed by atoms with van der Waals surface area (Å²) in [5.74, 6) is 0. The molecule has 0 spiro atoms. The fourth-order valence-electron chi connectivity index (χ4n) is 12.2. The molecule has 0 radical (unpaired) electrons. The van der Waals surface area contributed by atoms with Crippen molar-refractivity contribution in [3.8, 4) is 44.5 Å². The summed E-state index contributed by atoms with van der Waals surface area (Å²) in [7, 11) is 0. The van der Waals surface area contributed by atoms with Gasteiger partial charge in [0.1, 0.15) is 0 Å². The first-order valence-corrected chi connectivity index (χ1v) is 21.3. The summed E-state index contributed by atoms with van der Waals surface area (Å²) in [5, 5.41) is 27.0. The molecule has 0 saturated heterocycles. The zero-order valence-corrected chi connectivity index (χ0v) is 33.2. The third-order valence-corrected chi connectivity index (χ3v) is 14.7. The smallest absolute Gasteiger partial charge is 0.000718 e. The lowest BCUT2D eigenvalue weighted by Crippen LogP contribution is -1.91. The molecule has 14 aromatic carbocycles. The lowest BCUT2D eigenvalue weighted by molar-refractivity contribution is 1.35. The summed E-state index contributed by atoms with van der Waals surface area (Å²) in [6, 6.07) is 65.2. The second-order valence-corrected chi connectivity index (χ2v) is 17.5. The molecule has 0 aromatic heterocycles. The number of aryl methyl sites for hydroxylation is 2. The van der Waals surface area contributed by atoms with Crippen molar-refractivity contribution in [2.24, 2.45) is 0 Å². The van der Waals surface area contributed by atoms with Crippen LogP contribution in [0.5, 0.6) is 0 Å². The molecular formula is C60H34. The molecule has 14 aromatic rings. The molecule has 1 aliphatic rings. The van der Waals surface area contributed by atoms with Crippen LogP contribution < -0.4 is 0 Å². The van der Waals surface area contributed by atoms with Crippen LogP contribution in [0.2, 0.25) is 0 Å². The van der Waals surface area contributed by atoms with Crippen LogP contribution in [0, 0.1) is 13.8 Å². The van der Waals surface area contributed by atoms with Crippen molar-refractivity contribution in [2.45, 2.75) is 13.8 Å². The SMILES string of the molecule is Cc1cc2c(cc1C)-c1ccc3c4ccc5c6c(-c7ccccc7)c7c(cc8c9ccccc9c9cccc7c98)c(-c7ccccc7)c6c6ccc(c7ccc-2c1c73)c4c65. The molecule has 0 heteroatoms. The van der Waals surface area contributed by atoms with E-state index in [1.807, 2.05) is 0 Å². The molecule has 0 heterocycles. The summed E-state index contributed by atoms with van der Waals surface area (Å²) >= 11 is 0. The first-order chi connectivity index (χ1) is 29.6. The fraction of sp³-hybridized carbons (Fsp3) is 0.0333. The minimum Gasteiger partial charge on any atom is -0.0622 e. The van der Waals surface area contributed by atoms with Gasteiger partial charge in [0.2, 0.25) is 0 Å². The Labute approximate surface area is 345 Å². The van der Waals surface area contributed by atoms with Crippen LogP contribution in [0.4, 0.5) is 0 Å². The predicted octanol–water partition coefficient (Wildman–Crippen LogP) is 17.1. The molecule has 0 aliphatic heterocycles. The van der Waals surface area contributed by atoms with Gasteiger partial charge in [0.15, 0.2) is 0 Å². The van der Waals surface area contributed by atoms with E-state index in [2.05, 4.69) is 184 Å². The topological polar surface area (TPSA) is 0 Å². The summed E-state index contributed by atoms with van der Waals surface area (Å²) < 4.78 is 0. The van der Waals surface area contributed by atoms with E-state index < -0.39 is 0 Å². The van der Waals surface area contributed by atoms with Crippen molar-refractivity contribution >= 4 is 108 Å². The molecule has 274 valence electrons. The van der Waals surface area contributed by atoms with E-state index in [4.69, 9.17) is 0 Å². The number of fused-ring (bicyclic) bond motifs is 13. The fourth-order valence-corrected chi connectivity index (χ4v) is 12.2. The van der Waals surface area contributed by atoms with Crippen LogP contribution in [0.25, 0.3) is 152 Å². The summed E-state index contributed by atoms with van der Waals surface area (Å²) in [4.78, 5) is 0. The summed E-state index contributed by atoms with van der Waals surface area (Å²) in [6.07, 6.45) is 0. The van der Waals surface area contributed by atoms with E-state index in [0.717, 1.165) is 0 Å². The molecule has 1 aliphatic carbocycles. The van der Waals surface area contributed by atoms with Gasteiger partial charge in [0, 0.05) is 0 Å². The van der Waals surface area contributed by atoms with E-state index in [9.17, 15) is 0 Å². The Morgan fingerprint density at radius 3 is 1.25 bits per heavy atom. The first kappa shape index (κ1) is 31.5. The zero-order valence-electron chi connectivity index (χ0n) is 33.2. The Bertz CT molecular complexity index is 4120. The molecule has 0 atom stereocenters. The van der Waals surface area contributed by atoms with Crippen molar-refractivity contribution < 1.29 is 0 Å². The van der Waals surface area contributed by atoms with E-state index in [1.54, 1.807) is 0 Å². The molecule has 0 nitrogen and oxygen atoms in total. The highest BCUT2D eigenvalue weighted by Gasteiger charge is 2.30. The molecule has 0 unspecified atom stereocenters. The highest BCUT2D eigenvalue weighted by atomic mass is 14.3. The van der Waals surface area contributed by atoms with E-state index in [0.29, 0.717) is 0 Å². The van der Waals surface area contributed by atoms with Gasteiger partial charge in [-0.3, -0.25) is 0 Å². The van der Waals surface area contributed by atoms with E-state index >= 15 is 0 Å². The Balaban J connectivity index is 1.19. The molecule has 0 saturated carbocycles. The van der Waals surface area contributed by atoms with Gasteiger partial charge < -0.3 is 0 Å². The van der Waals surface area contributed by atoms with Gasteiger partial charge in [-0.2, -0.15) is 0 Å². The second-order valence-electron chi connectivity index (χ2n) is 17.5. The van der Waals surface area contributed by atoms with Crippen LogP contribution in [0.3, 0.4) is 0 Å². The van der Waals surface area contributed by atoms with Crippen LogP contribution in [0.15, 0.2) is 170 Å². The maximum Gasteiger partial charge on any atom is -0.000718 e. The zero-order chi connectivity index (χ0) is 39.1. The van der Waals surface area contributed by atoms with Crippen molar-refractivity contribution in [2.75, 3.05) is 0 Å². The highest BCUT2D eigenvalue weighted by molar-refractivity contribution is 6.48. The van der Waals surface area contributed by atoms with Crippen molar-refractivity contribution in [3.63, 3.8) is 0 Å². The van der Waals surface area contributed by atoms with Gasteiger partial charge in [-0.25, -0.2) is 0 Å². The predicted molar refractivity (Wildman–Crippen MR) is 260 cm³/mol. The van der Waals surface area contributed by atoms with Crippen LogP contribution in [0.1, 0.15) is 11.1 Å². The van der Waals surface area contributed by atoms with Crippen LogP contribution >= 0.6 is 0 Å². The normalized spacial score (nSPS) is 12.8. The largest absolute Gasteiger partial charge is 0.0622 e. The molecular weight excluding hydrogens is 721 g/mol. The summed E-state index contributed by atoms with van der Waals surface area (Å²) in [6.45, 7) is 4.48. The summed E-state index contributed by atoms with van der Waals surface area (Å²) in [5.41, 5.74) is 13.3. The average Bonchev–Trinajstić information content (AvgIpc) is 3.92. The van der Waals surface area contributed by atoms with Gasteiger partial charge in [0.25, 0.3) is 0 Å². The third-order valence-electron chi connectivity index (χ3n) is 14.7. The minimum absolute atomic E-state index is 1.25. The number of benzene rings is 12. The minimum atomic E-state index is 1.25. The maximum absolute atomic E-state index is 2.54. The van der Waals surface area contributed by atoms with Crippen molar-refractivity contribution in [1.82, 2.24) is 0 Å². The third kappa shape index (κ3) is 3.59. The van der Waals surface area contributed by atoms with Gasteiger partial charge in [-0.1, -0.05) is 164 Å². The number of hydrogen-bond donors (Lipinski definition) is 0. The van der Waals surface area contributed by atoms with Crippen molar-refractivity contribution in [3.05, 3.63) is 181 Å². The Morgan fingerprint density at radius 1 is 0.217 bits per heavy atom. The Morgan fingerprint density at radius 2 is 0.633 bits per heavy atom. The first-order valence-electron chi connectivity index (χ1n) is 21.3. The van der Waals surface area contributed by atoms with Gasteiger partial charge in [0.05, 0.1) is 0 Å². The molecule has 0 bridgehead atoms. The molecule has 0 fully saturated rings. The molecule has 0 N–H and O–H groups in total. The molecule has 0 amide bonds. The van der Waals surface area contributed by atoms with Crippen LogP contribution in [-0.4, -0.2) is 0 Å². The standard InChI is InChI=1S/C60H34/c1-31-28-47-42-22-20-38-40-24-26-45-57-46(27-25-41(55(40)57)39-21-23-43(56(42)54(38)39)48(47)29-32(31)2)60-52(34-14-7-4-8-15-34)58-44-19-11-18-37-35-16-9-10-17-36(35)49(53(37)44)30-50(58)51(59(45)60)33-12-5-3-6-13-33/h3-30H,1-2H3. The van der Waals surface area contributed by atoms with Gasteiger partial charge >= 0.3 is 0 Å². The van der Waals surface area contributed by atoms with E-state index in [-0.39, 0.29) is 0 Å². The van der Waals surface area contributed by atoms with E-state index in [1.165, 1.54) is 163 Å². The number of hydrogen-bond acceptors (Lipinski definition) is 0. The highest BCUT2D eigenvalue weighted by Crippen LogP contribution is 2.58. The lowest BCUT2D eigenvalue weighted by atomic mass is 9.84. The molecule has 60 heavy (non-hydrogen) atoms. The van der Waals surface area contributed by atoms with Crippen molar-refractivity contribution in [1.29, 1.82) is 0 Å².